The number of rotatable bonds is 3. The first-order valence-corrected chi connectivity index (χ1v) is 7.34. The van der Waals surface area contributed by atoms with Crippen molar-refractivity contribution in [2.24, 2.45) is 0 Å². The number of aromatic nitrogens is 2. The molecule has 3 rings (SSSR count). The van der Waals surface area contributed by atoms with Gasteiger partial charge >= 0.3 is 0 Å². The molecule has 1 heterocycles. The molecule has 1 amide bonds. The predicted molar refractivity (Wildman–Crippen MR) is 89.4 cm³/mol. The highest BCUT2D eigenvalue weighted by atomic mass is 35.5. The summed E-state index contributed by atoms with van der Waals surface area (Å²) in [5.41, 5.74) is 2.23. The Morgan fingerprint density at radius 1 is 1.22 bits per heavy atom. The van der Waals surface area contributed by atoms with Gasteiger partial charge < -0.3 is 10.4 Å². The van der Waals surface area contributed by atoms with E-state index in [1.54, 1.807) is 41.9 Å². The minimum atomic E-state index is -0.336. The topological polar surface area (TPSA) is 67.2 Å². The van der Waals surface area contributed by atoms with Gasteiger partial charge in [-0.1, -0.05) is 29.8 Å². The van der Waals surface area contributed by atoms with E-state index in [9.17, 15) is 9.90 Å². The highest BCUT2D eigenvalue weighted by Crippen LogP contribution is 2.23. The Bertz CT molecular complexity index is 874. The molecule has 0 radical (unpaired) electrons. The van der Waals surface area contributed by atoms with E-state index in [0.29, 0.717) is 22.0 Å². The number of carbonyl (C=O) groups excluding carboxylic acids is 1. The van der Waals surface area contributed by atoms with Crippen molar-refractivity contribution in [3.63, 3.8) is 0 Å². The van der Waals surface area contributed by atoms with Gasteiger partial charge in [0.1, 0.15) is 5.75 Å². The molecular formula is C17H14ClN3O2. The Hall–Kier alpha value is -2.79. The number of aromatic hydroxyl groups is 1. The normalized spacial score (nSPS) is 10.5. The van der Waals surface area contributed by atoms with Crippen LogP contribution in [0.4, 0.5) is 5.69 Å². The van der Waals surface area contributed by atoms with Crippen molar-refractivity contribution in [2.75, 3.05) is 5.32 Å². The lowest BCUT2D eigenvalue weighted by atomic mass is 10.2. The zero-order valence-corrected chi connectivity index (χ0v) is 13.1. The number of halogens is 1. The molecule has 0 saturated carbocycles. The van der Waals surface area contributed by atoms with Gasteiger partial charge in [0.25, 0.3) is 5.91 Å². The van der Waals surface area contributed by atoms with Crippen molar-refractivity contribution in [3.8, 4) is 11.4 Å². The van der Waals surface area contributed by atoms with Crippen molar-refractivity contribution in [1.29, 1.82) is 0 Å². The molecule has 0 spiro atoms. The minimum Gasteiger partial charge on any atom is -0.506 e. The molecule has 0 atom stereocenters. The Morgan fingerprint density at radius 2 is 2.00 bits per heavy atom. The summed E-state index contributed by atoms with van der Waals surface area (Å²) in [4.78, 5) is 12.4. The van der Waals surface area contributed by atoms with E-state index >= 15 is 0 Å². The second kappa shape index (κ2) is 6.14. The van der Waals surface area contributed by atoms with Gasteiger partial charge in [0.15, 0.2) is 0 Å². The van der Waals surface area contributed by atoms with Crippen molar-refractivity contribution < 1.29 is 9.90 Å². The van der Waals surface area contributed by atoms with Crippen LogP contribution in [-0.2, 0) is 0 Å². The Morgan fingerprint density at radius 3 is 2.74 bits per heavy atom. The van der Waals surface area contributed by atoms with Gasteiger partial charge in [-0.2, -0.15) is 5.10 Å². The summed E-state index contributed by atoms with van der Waals surface area (Å²) >= 11 is 5.99. The van der Waals surface area contributed by atoms with Crippen LogP contribution in [0, 0.1) is 6.92 Å². The second-order valence-electron chi connectivity index (χ2n) is 5.01. The third-order valence-electron chi connectivity index (χ3n) is 3.46. The van der Waals surface area contributed by atoms with Gasteiger partial charge in [-0.25, -0.2) is 4.68 Å². The van der Waals surface area contributed by atoms with Crippen molar-refractivity contribution in [1.82, 2.24) is 9.78 Å². The van der Waals surface area contributed by atoms with Gasteiger partial charge in [0, 0.05) is 5.02 Å². The largest absolute Gasteiger partial charge is 0.506 e. The van der Waals surface area contributed by atoms with Crippen LogP contribution in [0.25, 0.3) is 5.69 Å². The molecule has 5 nitrogen and oxygen atoms in total. The monoisotopic (exact) mass is 327 g/mol. The maximum Gasteiger partial charge on any atom is 0.259 e. The molecule has 3 aromatic rings. The fourth-order valence-corrected chi connectivity index (χ4v) is 2.45. The summed E-state index contributed by atoms with van der Waals surface area (Å²) in [7, 11) is 0. The van der Waals surface area contributed by atoms with Gasteiger partial charge in [0.05, 0.1) is 28.8 Å². The molecule has 23 heavy (non-hydrogen) atoms. The molecule has 116 valence electrons. The Balaban J connectivity index is 1.90. The molecule has 0 bridgehead atoms. The third kappa shape index (κ3) is 3.05. The van der Waals surface area contributed by atoms with Gasteiger partial charge in [0.2, 0.25) is 0 Å². The quantitative estimate of drug-likeness (QED) is 0.719. The molecular weight excluding hydrogens is 314 g/mol. The molecule has 2 aromatic carbocycles. The van der Waals surface area contributed by atoms with Crippen LogP contribution >= 0.6 is 11.6 Å². The number of amides is 1. The number of phenols is 1. The Labute approximate surface area is 138 Å². The van der Waals surface area contributed by atoms with E-state index in [0.717, 1.165) is 5.69 Å². The molecule has 0 unspecified atom stereocenters. The highest BCUT2D eigenvalue weighted by Gasteiger charge is 2.16. The fraction of sp³-hybridized carbons (Fsp3) is 0.0588. The molecule has 0 fully saturated rings. The maximum atomic E-state index is 12.4. The lowest BCUT2D eigenvalue weighted by Crippen LogP contribution is -2.13. The third-order valence-corrected chi connectivity index (χ3v) is 3.69. The van der Waals surface area contributed by atoms with Gasteiger partial charge in [-0.05, 0) is 37.3 Å². The van der Waals surface area contributed by atoms with E-state index in [2.05, 4.69) is 10.4 Å². The van der Waals surface area contributed by atoms with Crippen LogP contribution in [0.1, 0.15) is 16.1 Å². The zero-order valence-electron chi connectivity index (χ0n) is 12.3. The number of anilines is 1. The summed E-state index contributed by atoms with van der Waals surface area (Å²) in [5, 5.41) is 17.3. The molecule has 0 aliphatic rings. The molecule has 2 N–H and O–H groups in total. The number of nitrogens with one attached hydrogen (secondary N) is 1. The van der Waals surface area contributed by atoms with E-state index in [1.165, 1.54) is 12.3 Å². The first-order chi connectivity index (χ1) is 11.1. The maximum absolute atomic E-state index is 12.4. The van der Waals surface area contributed by atoms with Gasteiger partial charge in [-0.15, -0.1) is 0 Å². The van der Waals surface area contributed by atoms with Crippen LogP contribution < -0.4 is 5.32 Å². The molecule has 0 aliphatic carbocycles. The van der Waals surface area contributed by atoms with Crippen LogP contribution in [0.2, 0.25) is 5.02 Å². The smallest absolute Gasteiger partial charge is 0.259 e. The van der Waals surface area contributed by atoms with Crippen molar-refractivity contribution in [3.05, 3.63) is 71.0 Å². The zero-order chi connectivity index (χ0) is 16.4. The van der Waals surface area contributed by atoms with E-state index < -0.39 is 0 Å². The van der Waals surface area contributed by atoms with Crippen LogP contribution in [0.5, 0.6) is 5.75 Å². The number of phenolic OH excluding ortho intramolecular Hbond substituents is 1. The number of carbonyl (C=O) groups is 1. The SMILES string of the molecule is Cc1c(C(=O)Nc2ccccc2O)cnn1-c1cccc(Cl)c1. The predicted octanol–water partition coefficient (Wildman–Crippen LogP) is 3.79. The van der Waals surface area contributed by atoms with Crippen LogP contribution in [0.15, 0.2) is 54.7 Å². The molecule has 1 aromatic heterocycles. The number of benzene rings is 2. The van der Waals surface area contributed by atoms with Gasteiger partial charge in [-0.3, -0.25) is 4.79 Å². The standard InChI is InChI=1S/C17H14ClN3O2/c1-11-14(17(23)20-15-7-2-3-8-16(15)22)10-19-21(11)13-6-4-5-12(18)9-13/h2-10,22H,1H3,(H,20,23). The van der Waals surface area contributed by atoms with Crippen molar-refractivity contribution >= 4 is 23.2 Å². The number of para-hydroxylation sites is 2. The lowest BCUT2D eigenvalue weighted by molar-refractivity contribution is 0.102. The van der Waals surface area contributed by atoms with E-state index in [-0.39, 0.29) is 11.7 Å². The van der Waals surface area contributed by atoms with Crippen molar-refractivity contribution in [2.45, 2.75) is 6.92 Å². The molecule has 0 aliphatic heterocycles. The summed E-state index contributed by atoms with van der Waals surface area (Å²) in [5.74, 6) is -0.321. The molecule has 6 heteroatoms. The lowest BCUT2D eigenvalue weighted by Gasteiger charge is -2.08. The van der Waals surface area contributed by atoms with E-state index in [1.807, 2.05) is 12.1 Å². The number of hydrogen-bond donors (Lipinski definition) is 2. The van der Waals surface area contributed by atoms with E-state index in [4.69, 9.17) is 11.6 Å². The first-order valence-electron chi connectivity index (χ1n) is 6.96. The van der Waals surface area contributed by atoms with Crippen LogP contribution in [0.3, 0.4) is 0 Å². The highest BCUT2D eigenvalue weighted by molar-refractivity contribution is 6.30. The Kier molecular flexibility index (Phi) is 4.04. The summed E-state index contributed by atoms with van der Waals surface area (Å²) in [6.07, 6.45) is 1.49. The summed E-state index contributed by atoms with van der Waals surface area (Å²) < 4.78 is 1.64. The summed E-state index contributed by atoms with van der Waals surface area (Å²) in [6.45, 7) is 1.80. The first kappa shape index (κ1) is 15.1. The molecule has 0 saturated heterocycles. The summed E-state index contributed by atoms with van der Waals surface area (Å²) in [6, 6.07) is 13.8. The minimum absolute atomic E-state index is 0.0146. The average Bonchev–Trinajstić information content (AvgIpc) is 2.91. The number of nitrogens with zero attached hydrogens (tertiary/aromatic N) is 2. The number of hydrogen-bond acceptors (Lipinski definition) is 3. The van der Waals surface area contributed by atoms with Crippen LogP contribution in [-0.4, -0.2) is 20.8 Å². The average molecular weight is 328 g/mol. The second-order valence-corrected chi connectivity index (χ2v) is 5.44. The fourth-order valence-electron chi connectivity index (χ4n) is 2.27.